The molecule has 1 nitrogen and oxygen atoms in total. The Morgan fingerprint density at radius 3 is 2.32 bits per heavy atom. The molecule has 0 N–H and O–H groups in total. The lowest BCUT2D eigenvalue weighted by molar-refractivity contribution is 0.104. The maximum Gasteiger partial charge on any atom is 0.185 e. The van der Waals surface area contributed by atoms with E-state index < -0.39 is 0 Å². The summed E-state index contributed by atoms with van der Waals surface area (Å²) in [6.45, 7) is 4.15. The third-order valence-corrected chi connectivity index (χ3v) is 3.62. The smallest absolute Gasteiger partial charge is 0.185 e. The molecule has 2 rings (SSSR count). The van der Waals surface area contributed by atoms with Crippen molar-refractivity contribution in [1.29, 1.82) is 0 Å². The molecule has 0 saturated heterocycles. The van der Waals surface area contributed by atoms with Crippen LogP contribution in [-0.4, -0.2) is 5.78 Å². The van der Waals surface area contributed by atoms with Gasteiger partial charge in [0.2, 0.25) is 0 Å². The maximum absolute atomic E-state index is 12.0. The Morgan fingerprint density at radius 2 is 1.68 bits per heavy atom. The highest BCUT2D eigenvalue weighted by molar-refractivity contribution is 9.10. The van der Waals surface area contributed by atoms with Crippen molar-refractivity contribution in [3.05, 3.63) is 75.3 Å². The van der Waals surface area contributed by atoms with E-state index >= 15 is 0 Å². The fourth-order valence-corrected chi connectivity index (χ4v) is 2.01. The van der Waals surface area contributed by atoms with E-state index in [2.05, 4.69) is 41.9 Å². The highest BCUT2D eigenvalue weighted by Gasteiger charge is 2.01. The number of aryl methyl sites for hydroxylation is 2. The molecule has 0 atom stereocenters. The number of halogens is 1. The molecule has 0 saturated carbocycles. The van der Waals surface area contributed by atoms with Crippen LogP contribution in [0.3, 0.4) is 0 Å². The molecule has 0 bridgehead atoms. The van der Waals surface area contributed by atoms with Gasteiger partial charge >= 0.3 is 0 Å². The van der Waals surface area contributed by atoms with Gasteiger partial charge in [-0.25, -0.2) is 0 Å². The lowest BCUT2D eigenvalue weighted by Gasteiger charge is -2.01. The molecule has 0 aliphatic heterocycles. The van der Waals surface area contributed by atoms with Crippen molar-refractivity contribution in [2.24, 2.45) is 0 Å². The van der Waals surface area contributed by atoms with Crippen molar-refractivity contribution in [1.82, 2.24) is 0 Å². The zero-order valence-corrected chi connectivity index (χ0v) is 12.6. The summed E-state index contributed by atoms with van der Waals surface area (Å²) in [5.41, 5.74) is 4.24. The first kappa shape index (κ1) is 13.8. The lowest BCUT2D eigenvalue weighted by atomic mass is 10.0. The van der Waals surface area contributed by atoms with E-state index in [1.165, 1.54) is 11.1 Å². The predicted molar refractivity (Wildman–Crippen MR) is 83.4 cm³/mol. The summed E-state index contributed by atoms with van der Waals surface area (Å²) >= 11 is 3.36. The third-order valence-electron chi connectivity index (χ3n) is 3.09. The van der Waals surface area contributed by atoms with Crippen LogP contribution in [0.2, 0.25) is 0 Å². The molecule has 0 aliphatic carbocycles. The predicted octanol–water partition coefficient (Wildman–Crippen LogP) is 4.96. The number of carbonyl (C=O) groups is 1. The van der Waals surface area contributed by atoms with Gasteiger partial charge in [-0.1, -0.05) is 40.2 Å². The van der Waals surface area contributed by atoms with Crippen molar-refractivity contribution in [2.75, 3.05) is 0 Å². The maximum atomic E-state index is 12.0. The second kappa shape index (κ2) is 5.98. The van der Waals surface area contributed by atoms with Gasteiger partial charge in [-0.2, -0.15) is 0 Å². The first-order valence-corrected chi connectivity index (χ1v) is 6.91. The first-order chi connectivity index (χ1) is 9.06. The summed E-state index contributed by atoms with van der Waals surface area (Å²) < 4.78 is 0.974. The number of hydrogen-bond acceptors (Lipinski definition) is 1. The number of hydrogen-bond donors (Lipinski definition) is 0. The number of rotatable bonds is 3. The van der Waals surface area contributed by atoms with Crippen LogP contribution >= 0.6 is 15.9 Å². The van der Waals surface area contributed by atoms with Crippen LogP contribution in [0.25, 0.3) is 6.08 Å². The van der Waals surface area contributed by atoms with Gasteiger partial charge in [-0.3, -0.25) is 4.79 Å². The van der Waals surface area contributed by atoms with Gasteiger partial charge in [0.1, 0.15) is 0 Å². The van der Waals surface area contributed by atoms with Gasteiger partial charge in [-0.05, 0) is 60.9 Å². The van der Waals surface area contributed by atoms with E-state index in [1.807, 2.05) is 36.4 Å². The standard InChI is InChI=1S/C17H15BrO/c1-12-3-4-14(11-13(12)2)5-10-17(19)15-6-8-16(18)9-7-15/h3-11H,1-2H3/b10-5+. The molecule has 19 heavy (non-hydrogen) atoms. The van der Waals surface area contributed by atoms with Crippen molar-refractivity contribution < 1.29 is 4.79 Å². The Balaban J connectivity index is 2.15. The minimum absolute atomic E-state index is 0.0192. The Bertz CT molecular complexity index is 624. The zero-order chi connectivity index (χ0) is 13.8. The summed E-state index contributed by atoms with van der Waals surface area (Å²) in [6.07, 6.45) is 3.48. The van der Waals surface area contributed by atoms with Crippen molar-refractivity contribution in [2.45, 2.75) is 13.8 Å². The number of ketones is 1. The third kappa shape index (κ3) is 3.65. The monoisotopic (exact) mass is 314 g/mol. The van der Waals surface area contributed by atoms with Crippen LogP contribution in [0, 0.1) is 13.8 Å². The van der Waals surface area contributed by atoms with Crippen LogP contribution < -0.4 is 0 Å². The summed E-state index contributed by atoms with van der Waals surface area (Å²) in [5.74, 6) is 0.0192. The largest absolute Gasteiger partial charge is 0.289 e. The lowest BCUT2D eigenvalue weighted by Crippen LogP contribution is -1.93. The summed E-state index contributed by atoms with van der Waals surface area (Å²) in [6, 6.07) is 13.6. The molecule has 2 aromatic rings. The molecule has 0 fully saturated rings. The number of benzene rings is 2. The van der Waals surface area contributed by atoms with E-state index in [1.54, 1.807) is 6.08 Å². The Kier molecular flexibility index (Phi) is 4.33. The van der Waals surface area contributed by atoms with Crippen molar-refractivity contribution >= 4 is 27.8 Å². The number of allylic oxidation sites excluding steroid dienone is 1. The molecule has 0 radical (unpaired) electrons. The molecule has 0 aliphatic rings. The van der Waals surface area contributed by atoms with Gasteiger partial charge in [-0.15, -0.1) is 0 Å². The van der Waals surface area contributed by atoms with Gasteiger partial charge in [0.05, 0.1) is 0 Å². The van der Waals surface area contributed by atoms with E-state index in [0.717, 1.165) is 10.0 Å². The van der Waals surface area contributed by atoms with Crippen molar-refractivity contribution in [3.8, 4) is 0 Å². The minimum atomic E-state index is 0.0192. The normalized spacial score (nSPS) is 10.9. The zero-order valence-electron chi connectivity index (χ0n) is 11.0. The van der Waals surface area contributed by atoms with Gasteiger partial charge < -0.3 is 0 Å². The van der Waals surface area contributed by atoms with E-state index in [4.69, 9.17) is 0 Å². The molecule has 2 aromatic carbocycles. The fourth-order valence-electron chi connectivity index (χ4n) is 1.75. The number of carbonyl (C=O) groups excluding carboxylic acids is 1. The molecule has 96 valence electrons. The topological polar surface area (TPSA) is 17.1 Å². The van der Waals surface area contributed by atoms with Crippen LogP contribution in [0.1, 0.15) is 27.0 Å². The molecular formula is C17H15BrO. The Morgan fingerprint density at radius 1 is 1.00 bits per heavy atom. The van der Waals surface area contributed by atoms with E-state index in [-0.39, 0.29) is 5.78 Å². The van der Waals surface area contributed by atoms with E-state index in [9.17, 15) is 4.79 Å². The van der Waals surface area contributed by atoms with Crippen LogP contribution in [-0.2, 0) is 0 Å². The summed E-state index contributed by atoms with van der Waals surface area (Å²) in [4.78, 5) is 12.0. The van der Waals surface area contributed by atoms with Gasteiger partial charge in [0.15, 0.2) is 5.78 Å². The highest BCUT2D eigenvalue weighted by atomic mass is 79.9. The van der Waals surface area contributed by atoms with E-state index in [0.29, 0.717) is 5.56 Å². The van der Waals surface area contributed by atoms with Crippen molar-refractivity contribution in [3.63, 3.8) is 0 Å². The quantitative estimate of drug-likeness (QED) is 0.578. The Labute approximate surface area is 122 Å². The summed E-state index contributed by atoms with van der Waals surface area (Å²) in [5, 5.41) is 0. The van der Waals surface area contributed by atoms with Gasteiger partial charge in [0.25, 0.3) is 0 Å². The molecule has 0 aromatic heterocycles. The molecule has 0 spiro atoms. The molecular weight excluding hydrogens is 300 g/mol. The first-order valence-electron chi connectivity index (χ1n) is 6.11. The van der Waals surface area contributed by atoms with Gasteiger partial charge in [0, 0.05) is 10.0 Å². The van der Waals surface area contributed by atoms with Crippen LogP contribution in [0.5, 0.6) is 0 Å². The SMILES string of the molecule is Cc1ccc(/C=C/C(=O)c2ccc(Br)cc2)cc1C. The second-order valence-corrected chi connectivity index (χ2v) is 5.46. The molecule has 0 unspecified atom stereocenters. The fraction of sp³-hybridized carbons (Fsp3) is 0.118. The average Bonchev–Trinajstić information content (AvgIpc) is 2.40. The summed E-state index contributed by atoms with van der Waals surface area (Å²) in [7, 11) is 0. The minimum Gasteiger partial charge on any atom is -0.289 e. The second-order valence-electron chi connectivity index (χ2n) is 4.55. The molecule has 2 heteroatoms. The Hall–Kier alpha value is -1.67. The highest BCUT2D eigenvalue weighted by Crippen LogP contribution is 2.13. The van der Waals surface area contributed by atoms with Crippen LogP contribution in [0.4, 0.5) is 0 Å². The average molecular weight is 315 g/mol. The molecule has 0 heterocycles. The molecule has 0 amide bonds. The van der Waals surface area contributed by atoms with Crippen LogP contribution in [0.15, 0.2) is 53.0 Å².